The molecule has 1 fully saturated rings. The molecule has 1 atom stereocenters. The van der Waals surface area contributed by atoms with Gasteiger partial charge in [0.1, 0.15) is 6.23 Å². The molecule has 0 aliphatic carbocycles. The number of carbonyl (C=O) groups is 2. The molecule has 1 saturated heterocycles. The minimum atomic E-state index is -4.46. The van der Waals surface area contributed by atoms with Crippen molar-refractivity contribution < 1.29 is 27.5 Å². The lowest BCUT2D eigenvalue weighted by Gasteiger charge is -2.23. The summed E-state index contributed by atoms with van der Waals surface area (Å²) in [5, 5.41) is 0. The number of hydrogen-bond donors (Lipinski definition) is 0. The number of likely N-dealkylation sites (tertiary alicyclic amines) is 1. The van der Waals surface area contributed by atoms with Crippen molar-refractivity contribution in [3.8, 4) is 0 Å². The first-order valence-electron chi connectivity index (χ1n) is 8.00. The molecule has 1 aromatic carbocycles. The van der Waals surface area contributed by atoms with Gasteiger partial charge in [-0.05, 0) is 30.7 Å². The molecule has 0 saturated carbocycles. The fraction of sp³-hybridized carbons (Fsp3) is 0.529. The van der Waals surface area contributed by atoms with E-state index in [0.29, 0.717) is 13.0 Å². The van der Waals surface area contributed by atoms with E-state index in [4.69, 9.17) is 4.74 Å². The van der Waals surface area contributed by atoms with Crippen LogP contribution in [-0.4, -0.2) is 29.5 Å². The summed E-state index contributed by atoms with van der Waals surface area (Å²) in [5.41, 5.74) is -0.792. The standard InChI is InChI=1S/C17H20F3NO3/c1-2-3-4-11-24-15-10-9-14(22)21(15)16(23)12-5-7-13(8-6-12)17(18,19)20/h5-8,15H,2-4,9-11H2,1H3. The molecule has 1 aliphatic rings. The number of amides is 2. The average molecular weight is 343 g/mol. The van der Waals surface area contributed by atoms with Crippen molar-refractivity contribution in [3.05, 3.63) is 35.4 Å². The van der Waals surface area contributed by atoms with Gasteiger partial charge in [0.15, 0.2) is 0 Å². The Bertz CT molecular complexity index is 584. The van der Waals surface area contributed by atoms with Crippen LogP contribution >= 0.6 is 0 Å². The van der Waals surface area contributed by atoms with Crippen molar-refractivity contribution >= 4 is 11.8 Å². The third kappa shape index (κ3) is 4.35. The Hall–Kier alpha value is -1.89. The molecule has 1 unspecified atom stereocenters. The number of rotatable bonds is 6. The monoisotopic (exact) mass is 343 g/mol. The molecule has 4 nitrogen and oxygen atoms in total. The lowest BCUT2D eigenvalue weighted by molar-refractivity contribution is -0.137. The number of unbranched alkanes of at least 4 members (excludes halogenated alkanes) is 2. The molecular weight excluding hydrogens is 323 g/mol. The van der Waals surface area contributed by atoms with Crippen LogP contribution < -0.4 is 0 Å². The third-order valence-corrected chi connectivity index (χ3v) is 3.90. The predicted octanol–water partition coefficient (Wildman–Crippen LogP) is 4.00. The van der Waals surface area contributed by atoms with Crippen molar-refractivity contribution in [2.24, 2.45) is 0 Å². The quantitative estimate of drug-likeness (QED) is 0.579. The Labute approximate surface area is 138 Å². The molecular formula is C17H20F3NO3. The predicted molar refractivity (Wildman–Crippen MR) is 81.1 cm³/mol. The smallest absolute Gasteiger partial charge is 0.358 e. The lowest BCUT2D eigenvalue weighted by Crippen LogP contribution is -2.40. The van der Waals surface area contributed by atoms with Gasteiger partial charge in [0.05, 0.1) is 5.56 Å². The molecule has 0 radical (unpaired) electrons. The van der Waals surface area contributed by atoms with Crippen molar-refractivity contribution in [3.63, 3.8) is 0 Å². The first-order chi connectivity index (χ1) is 11.3. The summed E-state index contributed by atoms with van der Waals surface area (Å²) >= 11 is 0. The van der Waals surface area contributed by atoms with Gasteiger partial charge in [0.25, 0.3) is 5.91 Å². The molecule has 132 valence electrons. The summed E-state index contributed by atoms with van der Waals surface area (Å²) in [4.78, 5) is 25.4. The topological polar surface area (TPSA) is 46.6 Å². The first-order valence-corrected chi connectivity index (χ1v) is 8.00. The van der Waals surface area contributed by atoms with Crippen LogP contribution in [0, 0.1) is 0 Å². The van der Waals surface area contributed by atoms with Crippen molar-refractivity contribution in [1.82, 2.24) is 4.90 Å². The number of hydrogen-bond acceptors (Lipinski definition) is 3. The minimum Gasteiger partial charge on any atom is -0.358 e. The van der Waals surface area contributed by atoms with E-state index in [0.717, 1.165) is 48.4 Å². The number of ether oxygens (including phenoxy) is 1. The van der Waals surface area contributed by atoms with Crippen LogP contribution in [-0.2, 0) is 15.7 Å². The summed E-state index contributed by atoms with van der Waals surface area (Å²) in [6.07, 6.45) is -1.62. The summed E-state index contributed by atoms with van der Waals surface area (Å²) in [7, 11) is 0. The van der Waals surface area contributed by atoms with E-state index in [2.05, 4.69) is 6.92 Å². The molecule has 1 aliphatic heterocycles. The zero-order valence-corrected chi connectivity index (χ0v) is 13.4. The first kappa shape index (κ1) is 18.4. The molecule has 0 bridgehead atoms. The third-order valence-electron chi connectivity index (χ3n) is 3.90. The number of nitrogens with zero attached hydrogens (tertiary/aromatic N) is 1. The second-order valence-electron chi connectivity index (χ2n) is 5.72. The summed E-state index contributed by atoms with van der Waals surface area (Å²) in [6.45, 7) is 2.50. The van der Waals surface area contributed by atoms with E-state index in [9.17, 15) is 22.8 Å². The van der Waals surface area contributed by atoms with Gasteiger partial charge in [0, 0.05) is 25.0 Å². The maximum absolute atomic E-state index is 12.6. The highest BCUT2D eigenvalue weighted by Crippen LogP contribution is 2.30. The minimum absolute atomic E-state index is 0.0420. The van der Waals surface area contributed by atoms with E-state index in [1.807, 2.05) is 0 Å². The zero-order chi connectivity index (χ0) is 17.7. The van der Waals surface area contributed by atoms with E-state index in [1.165, 1.54) is 0 Å². The molecule has 1 heterocycles. The SMILES string of the molecule is CCCCCOC1CCC(=O)N1C(=O)c1ccc(C(F)(F)F)cc1. The van der Waals surface area contributed by atoms with E-state index in [-0.39, 0.29) is 17.9 Å². The Morgan fingerprint density at radius 1 is 1.25 bits per heavy atom. The maximum atomic E-state index is 12.6. The molecule has 7 heteroatoms. The summed E-state index contributed by atoms with van der Waals surface area (Å²) in [6, 6.07) is 3.85. The zero-order valence-electron chi connectivity index (χ0n) is 13.4. The van der Waals surface area contributed by atoms with Gasteiger partial charge in [-0.25, -0.2) is 0 Å². The number of alkyl halides is 3. The molecule has 0 N–H and O–H groups in total. The van der Waals surface area contributed by atoms with Crippen molar-refractivity contribution in [1.29, 1.82) is 0 Å². The summed E-state index contributed by atoms with van der Waals surface area (Å²) in [5.74, 6) is -0.980. The van der Waals surface area contributed by atoms with Gasteiger partial charge in [0.2, 0.25) is 5.91 Å². The second-order valence-corrected chi connectivity index (χ2v) is 5.72. The molecule has 2 amide bonds. The number of imide groups is 1. The van der Waals surface area contributed by atoms with Gasteiger partial charge in [-0.2, -0.15) is 13.2 Å². The van der Waals surface area contributed by atoms with E-state index < -0.39 is 23.9 Å². The molecule has 2 rings (SSSR count). The highest BCUT2D eigenvalue weighted by molar-refractivity contribution is 6.05. The van der Waals surface area contributed by atoms with Gasteiger partial charge in [-0.3, -0.25) is 14.5 Å². The second kappa shape index (κ2) is 7.79. The lowest BCUT2D eigenvalue weighted by atomic mass is 10.1. The Morgan fingerprint density at radius 3 is 2.50 bits per heavy atom. The normalized spacial score (nSPS) is 18.2. The highest BCUT2D eigenvalue weighted by Gasteiger charge is 2.37. The summed E-state index contributed by atoms with van der Waals surface area (Å²) < 4.78 is 43.3. The van der Waals surface area contributed by atoms with Gasteiger partial charge in [-0.1, -0.05) is 19.8 Å². The van der Waals surface area contributed by atoms with Crippen LogP contribution in [0.15, 0.2) is 24.3 Å². The number of benzene rings is 1. The Balaban J connectivity index is 2.06. The van der Waals surface area contributed by atoms with E-state index in [1.54, 1.807) is 0 Å². The van der Waals surface area contributed by atoms with Gasteiger partial charge in [-0.15, -0.1) is 0 Å². The van der Waals surface area contributed by atoms with Crippen LogP contribution in [0.5, 0.6) is 0 Å². The van der Waals surface area contributed by atoms with E-state index >= 15 is 0 Å². The molecule has 0 aromatic heterocycles. The molecule has 0 spiro atoms. The molecule has 1 aromatic rings. The fourth-order valence-corrected chi connectivity index (χ4v) is 2.57. The van der Waals surface area contributed by atoms with Crippen LogP contribution in [0.25, 0.3) is 0 Å². The Morgan fingerprint density at radius 2 is 1.92 bits per heavy atom. The largest absolute Gasteiger partial charge is 0.416 e. The van der Waals surface area contributed by atoms with Crippen LogP contribution in [0.4, 0.5) is 13.2 Å². The van der Waals surface area contributed by atoms with Crippen molar-refractivity contribution in [2.45, 2.75) is 51.4 Å². The number of carbonyl (C=O) groups excluding carboxylic acids is 2. The van der Waals surface area contributed by atoms with Crippen molar-refractivity contribution in [2.75, 3.05) is 6.61 Å². The Kier molecular flexibility index (Phi) is 5.99. The van der Waals surface area contributed by atoms with Gasteiger partial charge >= 0.3 is 6.18 Å². The van der Waals surface area contributed by atoms with Crippen LogP contribution in [0.2, 0.25) is 0 Å². The maximum Gasteiger partial charge on any atom is 0.416 e. The fourth-order valence-electron chi connectivity index (χ4n) is 2.57. The van der Waals surface area contributed by atoms with Crippen LogP contribution in [0.3, 0.4) is 0 Å². The van der Waals surface area contributed by atoms with Crippen LogP contribution in [0.1, 0.15) is 54.9 Å². The average Bonchev–Trinajstić information content (AvgIpc) is 2.91. The highest BCUT2D eigenvalue weighted by atomic mass is 19.4. The molecule has 24 heavy (non-hydrogen) atoms. The number of halogens is 3. The van der Waals surface area contributed by atoms with Gasteiger partial charge < -0.3 is 4.74 Å².